The lowest BCUT2D eigenvalue weighted by Crippen LogP contribution is -2.45. The van der Waals surface area contributed by atoms with Gasteiger partial charge >= 0.3 is 5.97 Å². The van der Waals surface area contributed by atoms with Gasteiger partial charge in [0, 0.05) is 23.0 Å². The molecule has 1 unspecified atom stereocenters. The molecule has 0 fully saturated rings. The van der Waals surface area contributed by atoms with Crippen LogP contribution in [0.1, 0.15) is 28.4 Å². The Labute approximate surface area is 145 Å². The van der Waals surface area contributed by atoms with E-state index in [2.05, 4.69) is 22.4 Å². The van der Waals surface area contributed by atoms with Crippen molar-refractivity contribution in [2.45, 2.75) is 18.5 Å². The van der Waals surface area contributed by atoms with Crippen LogP contribution in [-0.4, -0.2) is 24.1 Å². The summed E-state index contributed by atoms with van der Waals surface area (Å²) in [5.74, 6) is -0.280. The van der Waals surface area contributed by atoms with Crippen LogP contribution in [0.15, 0.2) is 48.5 Å². The normalized spacial score (nSPS) is 19.2. The number of methoxy groups -OCH3 is 1. The van der Waals surface area contributed by atoms with E-state index < -0.39 is 6.04 Å². The van der Waals surface area contributed by atoms with E-state index in [1.54, 1.807) is 6.07 Å². The Morgan fingerprint density at radius 2 is 2.08 bits per heavy atom. The van der Waals surface area contributed by atoms with E-state index in [1.807, 2.05) is 36.4 Å². The van der Waals surface area contributed by atoms with Crippen LogP contribution in [0.3, 0.4) is 0 Å². The van der Waals surface area contributed by atoms with Crippen molar-refractivity contribution in [2.24, 2.45) is 0 Å². The molecule has 2 N–H and O–H groups in total. The van der Waals surface area contributed by atoms with Crippen molar-refractivity contribution in [1.29, 1.82) is 5.26 Å². The van der Waals surface area contributed by atoms with Gasteiger partial charge in [0.15, 0.2) is 0 Å². The van der Waals surface area contributed by atoms with Gasteiger partial charge in [-0.05, 0) is 29.3 Å². The van der Waals surface area contributed by atoms with Crippen molar-refractivity contribution in [2.75, 3.05) is 7.11 Å². The van der Waals surface area contributed by atoms with E-state index in [9.17, 15) is 10.1 Å². The van der Waals surface area contributed by atoms with E-state index in [0.29, 0.717) is 12.0 Å². The lowest BCUT2D eigenvalue weighted by atomic mass is 9.90. The molecule has 1 aromatic heterocycles. The van der Waals surface area contributed by atoms with Gasteiger partial charge in [-0.3, -0.25) is 10.1 Å². The highest BCUT2D eigenvalue weighted by molar-refractivity contribution is 5.87. The second-order valence-electron chi connectivity index (χ2n) is 6.18. The molecule has 0 saturated carbocycles. The SMILES string of the molecule is COC(=O)[C@@H]1Cc2c([nH]c3ccccc23)C(c2cccc(C#N)c2)N1. The molecular weight excluding hydrogens is 314 g/mol. The van der Waals surface area contributed by atoms with E-state index in [0.717, 1.165) is 27.7 Å². The third-order valence-corrected chi connectivity index (χ3v) is 4.75. The standard InChI is InChI=1S/C20H17N3O2/c1-25-20(24)17-10-15-14-7-2-3-8-16(14)22-19(15)18(23-17)13-6-4-5-12(9-13)11-21/h2-9,17-18,22-23H,10H2,1H3/t17-,18?/m0/s1. The number of carbonyl (C=O) groups is 1. The predicted octanol–water partition coefficient (Wildman–Crippen LogP) is 2.82. The van der Waals surface area contributed by atoms with Gasteiger partial charge < -0.3 is 9.72 Å². The van der Waals surface area contributed by atoms with Gasteiger partial charge in [-0.1, -0.05) is 30.3 Å². The molecule has 0 radical (unpaired) electrons. The fourth-order valence-corrected chi connectivity index (χ4v) is 3.58. The van der Waals surface area contributed by atoms with Crippen LogP contribution >= 0.6 is 0 Å². The van der Waals surface area contributed by atoms with Gasteiger partial charge in [-0.2, -0.15) is 5.26 Å². The highest BCUT2D eigenvalue weighted by Crippen LogP contribution is 2.35. The fraction of sp³-hybridized carbons (Fsp3) is 0.200. The number of hydrogen-bond acceptors (Lipinski definition) is 4. The number of rotatable bonds is 2. The quantitative estimate of drug-likeness (QED) is 0.708. The first-order chi connectivity index (χ1) is 12.2. The number of para-hydroxylation sites is 1. The maximum absolute atomic E-state index is 12.2. The largest absolute Gasteiger partial charge is 0.468 e. The number of esters is 1. The maximum Gasteiger partial charge on any atom is 0.323 e. The second-order valence-corrected chi connectivity index (χ2v) is 6.18. The summed E-state index contributed by atoms with van der Waals surface area (Å²) in [7, 11) is 1.40. The summed E-state index contributed by atoms with van der Waals surface area (Å²) < 4.78 is 4.96. The summed E-state index contributed by atoms with van der Waals surface area (Å²) in [4.78, 5) is 15.7. The highest BCUT2D eigenvalue weighted by Gasteiger charge is 2.34. The third kappa shape index (κ3) is 2.57. The van der Waals surface area contributed by atoms with E-state index in [4.69, 9.17) is 4.74 Å². The number of benzene rings is 2. The monoisotopic (exact) mass is 331 g/mol. The van der Waals surface area contributed by atoms with Crippen molar-refractivity contribution in [1.82, 2.24) is 10.3 Å². The smallest absolute Gasteiger partial charge is 0.323 e. The van der Waals surface area contributed by atoms with Gasteiger partial charge in [-0.25, -0.2) is 0 Å². The van der Waals surface area contributed by atoms with Gasteiger partial charge in [0.05, 0.1) is 24.8 Å². The Kier molecular flexibility index (Phi) is 3.75. The molecule has 1 aliphatic rings. The Balaban J connectivity index is 1.88. The van der Waals surface area contributed by atoms with Crippen LogP contribution in [0, 0.1) is 11.3 Å². The van der Waals surface area contributed by atoms with Crippen LogP contribution in [0.4, 0.5) is 0 Å². The minimum atomic E-state index is -0.424. The molecule has 2 atom stereocenters. The van der Waals surface area contributed by atoms with Crippen LogP contribution in [0.25, 0.3) is 10.9 Å². The number of fused-ring (bicyclic) bond motifs is 3. The molecule has 25 heavy (non-hydrogen) atoms. The summed E-state index contributed by atoms with van der Waals surface area (Å²) in [6.45, 7) is 0. The van der Waals surface area contributed by atoms with E-state index in [-0.39, 0.29) is 12.0 Å². The number of aromatic amines is 1. The topological polar surface area (TPSA) is 77.9 Å². The minimum absolute atomic E-state index is 0.200. The minimum Gasteiger partial charge on any atom is -0.468 e. The first kappa shape index (κ1) is 15.4. The first-order valence-corrected chi connectivity index (χ1v) is 8.14. The molecule has 0 spiro atoms. The highest BCUT2D eigenvalue weighted by atomic mass is 16.5. The number of aromatic nitrogens is 1. The maximum atomic E-state index is 12.2. The number of hydrogen-bond donors (Lipinski definition) is 2. The molecule has 3 aromatic rings. The molecule has 2 aromatic carbocycles. The zero-order valence-corrected chi connectivity index (χ0v) is 13.7. The Hall–Kier alpha value is -3.10. The Bertz CT molecular complexity index is 1000. The Morgan fingerprint density at radius 1 is 1.24 bits per heavy atom. The molecule has 0 saturated heterocycles. The van der Waals surface area contributed by atoms with E-state index in [1.165, 1.54) is 7.11 Å². The number of carbonyl (C=O) groups excluding carboxylic acids is 1. The van der Waals surface area contributed by atoms with Crippen molar-refractivity contribution in [3.05, 3.63) is 70.9 Å². The molecule has 5 heteroatoms. The van der Waals surface area contributed by atoms with E-state index >= 15 is 0 Å². The molecule has 4 rings (SSSR count). The van der Waals surface area contributed by atoms with Crippen molar-refractivity contribution in [3.8, 4) is 6.07 Å². The Morgan fingerprint density at radius 3 is 2.88 bits per heavy atom. The van der Waals surface area contributed by atoms with Gasteiger partial charge in [0.25, 0.3) is 0 Å². The number of ether oxygens (including phenoxy) is 1. The van der Waals surface area contributed by atoms with Crippen LogP contribution in [0.5, 0.6) is 0 Å². The van der Waals surface area contributed by atoms with Gasteiger partial charge in [-0.15, -0.1) is 0 Å². The number of H-pyrrole nitrogens is 1. The summed E-state index contributed by atoms with van der Waals surface area (Å²) in [6, 6.07) is 17.1. The molecule has 0 amide bonds. The zero-order chi connectivity index (χ0) is 17.4. The van der Waals surface area contributed by atoms with Crippen LogP contribution in [0.2, 0.25) is 0 Å². The van der Waals surface area contributed by atoms with Gasteiger partial charge in [0.1, 0.15) is 6.04 Å². The predicted molar refractivity (Wildman–Crippen MR) is 93.9 cm³/mol. The summed E-state index contributed by atoms with van der Waals surface area (Å²) >= 11 is 0. The first-order valence-electron chi connectivity index (χ1n) is 8.14. The summed E-state index contributed by atoms with van der Waals surface area (Å²) in [5, 5.41) is 13.7. The summed E-state index contributed by atoms with van der Waals surface area (Å²) in [5.41, 5.74) is 4.74. The molecule has 1 aliphatic heterocycles. The molecule has 0 bridgehead atoms. The molecular formula is C20H17N3O2. The lowest BCUT2D eigenvalue weighted by Gasteiger charge is -2.30. The summed E-state index contributed by atoms with van der Waals surface area (Å²) in [6.07, 6.45) is 0.570. The fourth-order valence-electron chi connectivity index (χ4n) is 3.58. The second kappa shape index (κ2) is 6.08. The average molecular weight is 331 g/mol. The van der Waals surface area contributed by atoms with Crippen LogP contribution in [-0.2, 0) is 16.0 Å². The van der Waals surface area contributed by atoms with Crippen molar-refractivity contribution >= 4 is 16.9 Å². The third-order valence-electron chi connectivity index (χ3n) is 4.75. The zero-order valence-electron chi connectivity index (χ0n) is 13.7. The average Bonchev–Trinajstić information content (AvgIpc) is 3.05. The lowest BCUT2D eigenvalue weighted by molar-refractivity contribution is -0.143. The van der Waals surface area contributed by atoms with Gasteiger partial charge in [0.2, 0.25) is 0 Å². The molecule has 124 valence electrons. The van der Waals surface area contributed by atoms with Crippen molar-refractivity contribution in [3.63, 3.8) is 0 Å². The number of nitrogens with one attached hydrogen (secondary N) is 2. The molecule has 2 heterocycles. The van der Waals surface area contributed by atoms with Crippen molar-refractivity contribution < 1.29 is 9.53 Å². The van der Waals surface area contributed by atoms with Crippen LogP contribution < -0.4 is 5.32 Å². The number of nitrogens with zero attached hydrogens (tertiary/aromatic N) is 1. The molecule has 5 nitrogen and oxygen atoms in total. The number of nitriles is 1. The molecule has 0 aliphatic carbocycles.